The highest BCUT2D eigenvalue weighted by Crippen LogP contribution is 2.11. The van der Waals surface area contributed by atoms with Crippen LogP contribution in [0.5, 0.6) is 0 Å². The van der Waals surface area contributed by atoms with E-state index in [1.165, 1.54) is 7.11 Å². The van der Waals surface area contributed by atoms with Crippen molar-refractivity contribution in [3.05, 3.63) is 53.9 Å². The van der Waals surface area contributed by atoms with E-state index in [1.807, 2.05) is 36.1 Å². The van der Waals surface area contributed by atoms with Gasteiger partial charge >= 0.3 is 0 Å². The van der Waals surface area contributed by atoms with Crippen LogP contribution < -0.4 is 15.4 Å². The number of ether oxygens (including phenoxy) is 1. The molecule has 0 aliphatic heterocycles. The van der Waals surface area contributed by atoms with Crippen LogP contribution in [0.2, 0.25) is 0 Å². The number of methoxy groups -OCH3 is 1. The van der Waals surface area contributed by atoms with Gasteiger partial charge in [-0.1, -0.05) is 12.1 Å². The zero-order valence-electron chi connectivity index (χ0n) is 16.3. The molecule has 0 bridgehead atoms. The summed E-state index contributed by atoms with van der Waals surface area (Å²) in [6.45, 7) is 1.66. The molecule has 2 rings (SSSR count). The summed E-state index contributed by atoms with van der Waals surface area (Å²) in [6.07, 6.45) is 4.02. The number of hydrogen-bond donors (Lipinski definition) is 3. The first-order valence-corrected chi connectivity index (χ1v) is 10.1. The fraction of sp³-hybridized carbons (Fsp3) is 0.389. The molecule has 28 heavy (non-hydrogen) atoms. The van der Waals surface area contributed by atoms with E-state index < -0.39 is 10.0 Å². The second kappa shape index (κ2) is 12.0. The predicted octanol–water partition coefficient (Wildman–Crippen LogP) is 1.43. The molecule has 3 N–H and O–H groups in total. The van der Waals surface area contributed by atoms with Crippen molar-refractivity contribution in [3.8, 4) is 0 Å². The van der Waals surface area contributed by atoms with E-state index >= 15 is 0 Å². The molecule has 0 saturated heterocycles. The van der Waals surface area contributed by atoms with Crippen molar-refractivity contribution in [2.75, 3.05) is 27.3 Å². The fourth-order valence-electron chi connectivity index (χ4n) is 2.44. The molecule has 0 fully saturated rings. The topological polar surface area (TPSA) is 96.8 Å². The van der Waals surface area contributed by atoms with Crippen molar-refractivity contribution in [1.82, 2.24) is 19.9 Å². The molecule has 156 valence electrons. The lowest BCUT2D eigenvalue weighted by atomic mass is 10.2. The zero-order chi connectivity index (χ0) is 19.7. The Labute approximate surface area is 183 Å². The van der Waals surface area contributed by atoms with Gasteiger partial charge in [-0.2, -0.15) is 0 Å². The maximum atomic E-state index is 12.3. The molecule has 0 atom stereocenters. The summed E-state index contributed by atoms with van der Waals surface area (Å²) in [5.74, 6) is 0.644. The van der Waals surface area contributed by atoms with E-state index in [1.54, 1.807) is 25.2 Å². The largest absolute Gasteiger partial charge is 0.383 e. The molecule has 1 aromatic carbocycles. The first kappa shape index (κ1) is 24.4. The van der Waals surface area contributed by atoms with Gasteiger partial charge in [-0.15, -0.1) is 24.0 Å². The number of aryl methyl sites for hydroxylation is 1. The SMILES string of the molecule is CN=C(NCc1cccc(S(=O)(=O)NCCOC)c1)NCc1ccn(C)c1.I. The van der Waals surface area contributed by atoms with Crippen LogP contribution in [0.15, 0.2) is 52.6 Å². The molecule has 10 heteroatoms. The second-order valence-electron chi connectivity index (χ2n) is 6.00. The third-order valence-corrected chi connectivity index (χ3v) is 5.30. The van der Waals surface area contributed by atoms with Gasteiger partial charge in [0.05, 0.1) is 11.5 Å². The Morgan fingerprint density at radius 2 is 1.89 bits per heavy atom. The van der Waals surface area contributed by atoms with E-state index in [-0.39, 0.29) is 35.4 Å². The Morgan fingerprint density at radius 1 is 1.18 bits per heavy atom. The Balaban J connectivity index is 0.00000392. The lowest BCUT2D eigenvalue weighted by molar-refractivity contribution is 0.204. The molecular formula is C18H28IN5O3S. The lowest BCUT2D eigenvalue weighted by Gasteiger charge is -2.12. The summed E-state index contributed by atoms with van der Waals surface area (Å²) in [4.78, 5) is 4.42. The molecule has 0 aliphatic carbocycles. The maximum absolute atomic E-state index is 12.3. The Kier molecular flexibility index (Phi) is 10.5. The number of nitrogens with zero attached hydrogens (tertiary/aromatic N) is 2. The van der Waals surface area contributed by atoms with Gasteiger partial charge in [0.25, 0.3) is 0 Å². The second-order valence-corrected chi connectivity index (χ2v) is 7.77. The molecular weight excluding hydrogens is 493 g/mol. The van der Waals surface area contributed by atoms with Crippen molar-refractivity contribution >= 4 is 40.0 Å². The quantitative estimate of drug-likeness (QED) is 0.201. The molecule has 0 aliphatic rings. The van der Waals surface area contributed by atoms with Gasteiger partial charge in [0, 0.05) is 53.2 Å². The average molecular weight is 521 g/mol. The molecule has 1 heterocycles. The number of nitrogens with one attached hydrogen (secondary N) is 3. The smallest absolute Gasteiger partial charge is 0.240 e. The summed E-state index contributed by atoms with van der Waals surface area (Å²) in [5.41, 5.74) is 1.99. The molecule has 0 unspecified atom stereocenters. The van der Waals surface area contributed by atoms with Crippen LogP contribution >= 0.6 is 24.0 Å². The predicted molar refractivity (Wildman–Crippen MR) is 121 cm³/mol. The molecule has 2 aromatic rings. The van der Waals surface area contributed by atoms with Crippen LogP contribution in [-0.2, 0) is 34.9 Å². The van der Waals surface area contributed by atoms with E-state index in [4.69, 9.17) is 4.74 Å². The Bertz CT molecular complexity index is 868. The van der Waals surface area contributed by atoms with Crippen molar-refractivity contribution in [1.29, 1.82) is 0 Å². The number of benzene rings is 1. The van der Waals surface area contributed by atoms with Crippen LogP contribution in [-0.4, -0.2) is 46.3 Å². The maximum Gasteiger partial charge on any atom is 0.240 e. The van der Waals surface area contributed by atoms with E-state index in [0.717, 1.165) is 11.1 Å². The van der Waals surface area contributed by atoms with Crippen molar-refractivity contribution in [3.63, 3.8) is 0 Å². The minimum absolute atomic E-state index is 0. The number of halogens is 1. The molecule has 0 saturated carbocycles. The summed E-state index contributed by atoms with van der Waals surface area (Å²) in [5, 5.41) is 6.42. The number of sulfonamides is 1. The lowest BCUT2D eigenvalue weighted by Crippen LogP contribution is -2.36. The standard InChI is InChI=1S/C18H27N5O3S.HI/c1-19-18(21-13-16-7-9-23(2)14-16)20-12-15-5-4-6-17(11-15)27(24,25)22-8-10-26-3;/h4-7,9,11,14,22H,8,10,12-13H2,1-3H3,(H2,19,20,21);1H. The Hall–Kier alpha value is -1.63. The average Bonchev–Trinajstić information content (AvgIpc) is 3.07. The Morgan fingerprint density at radius 3 is 2.50 bits per heavy atom. The van der Waals surface area contributed by atoms with Crippen LogP contribution in [0, 0.1) is 0 Å². The molecule has 0 amide bonds. The highest BCUT2D eigenvalue weighted by atomic mass is 127. The van der Waals surface area contributed by atoms with E-state index in [2.05, 4.69) is 20.3 Å². The van der Waals surface area contributed by atoms with Crippen molar-refractivity contribution in [2.45, 2.75) is 18.0 Å². The molecule has 0 spiro atoms. The van der Waals surface area contributed by atoms with Crippen LogP contribution in [0.3, 0.4) is 0 Å². The first-order chi connectivity index (χ1) is 12.9. The minimum atomic E-state index is -3.55. The van der Waals surface area contributed by atoms with Gasteiger partial charge in [0.15, 0.2) is 5.96 Å². The van der Waals surface area contributed by atoms with Gasteiger partial charge in [0.2, 0.25) is 10.0 Å². The first-order valence-electron chi connectivity index (χ1n) is 8.57. The summed E-state index contributed by atoms with van der Waals surface area (Å²) in [6, 6.07) is 8.84. The van der Waals surface area contributed by atoms with Gasteiger partial charge in [-0.25, -0.2) is 13.1 Å². The molecule has 1 aromatic heterocycles. The normalized spacial score (nSPS) is 11.8. The summed E-state index contributed by atoms with van der Waals surface area (Å²) >= 11 is 0. The third kappa shape index (κ3) is 7.78. The van der Waals surface area contributed by atoms with E-state index in [0.29, 0.717) is 25.7 Å². The highest BCUT2D eigenvalue weighted by molar-refractivity contribution is 14.0. The van der Waals surface area contributed by atoms with Gasteiger partial charge in [-0.05, 0) is 29.3 Å². The van der Waals surface area contributed by atoms with Crippen LogP contribution in [0.4, 0.5) is 0 Å². The number of guanidine groups is 1. The number of rotatable bonds is 9. The monoisotopic (exact) mass is 521 g/mol. The van der Waals surface area contributed by atoms with Gasteiger partial charge in [-0.3, -0.25) is 4.99 Å². The third-order valence-electron chi connectivity index (χ3n) is 3.84. The molecule has 8 nitrogen and oxygen atoms in total. The van der Waals surface area contributed by atoms with Crippen LogP contribution in [0.25, 0.3) is 0 Å². The number of aliphatic imine (C=N–C) groups is 1. The fourth-order valence-corrected chi connectivity index (χ4v) is 3.52. The minimum Gasteiger partial charge on any atom is -0.383 e. The molecule has 0 radical (unpaired) electrons. The number of hydrogen-bond acceptors (Lipinski definition) is 4. The highest BCUT2D eigenvalue weighted by Gasteiger charge is 2.13. The van der Waals surface area contributed by atoms with Crippen molar-refractivity contribution in [2.24, 2.45) is 12.0 Å². The van der Waals surface area contributed by atoms with Gasteiger partial charge < -0.3 is 19.9 Å². The zero-order valence-corrected chi connectivity index (χ0v) is 19.5. The van der Waals surface area contributed by atoms with Crippen molar-refractivity contribution < 1.29 is 13.2 Å². The summed E-state index contributed by atoms with van der Waals surface area (Å²) in [7, 11) is 1.65. The number of aromatic nitrogens is 1. The summed E-state index contributed by atoms with van der Waals surface area (Å²) < 4.78 is 33.9. The van der Waals surface area contributed by atoms with E-state index in [9.17, 15) is 8.42 Å². The van der Waals surface area contributed by atoms with Crippen LogP contribution in [0.1, 0.15) is 11.1 Å². The van der Waals surface area contributed by atoms with Gasteiger partial charge in [0.1, 0.15) is 0 Å².